The highest BCUT2D eigenvalue weighted by molar-refractivity contribution is 5.89. The van der Waals surface area contributed by atoms with E-state index in [9.17, 15) is 13.6 Å². The van der Waals surface area contributed by atoms with Gasteiger partial charge in [0.25, 0.3) is 6.43 Å². The lowest BCUT2D eigenvalue weighted by Gasteiger charge is -2.09. The maximum atomic E-state index is 12.8. The number of rotatable bonds is 3. The minimum Gasteiger partial charge on any atom is -0.478 e. The van der Waals surface area contributed by atoms with Crippen LogP contribution in [-0.2, 0) is 0 Å². The van der Waals surface area contributed by atoms with Crippen LogP contribution in [0.1, 0.15) is 47.1 Å². The van der Waals surface area contributed by atoms with Crippen LogP contribution in [0.3, 0.4) is 0 Å². The largest absolute Gasteiger partial charge is 0.478 e. The van der Waals surface area contributed by atoms with Crippen molar-refractivity contribution in [2.75, 3.05) is 0 Å². The lowest BCUT2D eigenvalue weighted by molar-refractivity contribution is 0.0682. The van der Waals surface area contributed by atoms with E-state index in [1.165, 1.54) is 10.6 Å². The van der Waals surface area contributed by atoms with Gasteiger partial charge in [0.15, 0.2) is 0 Å². The maximum Gasteiger partial charge on any atom is 0.337 e. The molecule has 2 rings (SSSR count). The molecule has 1 aliphatic rings. The van der Waals surface area contributed by atoms with Crippen LogP contribution in [-0.4, -0.2) is 15.6 Å². The average Bonchev–Trinajstić information content (AvgIpc) is 2.89. The quantitative estimate of drug-likeness (QED) is 0.842. The summed E-state index contributed by atoms with van der Waals surface area (Å²) in [6, 6.07) is 1.39. The summed E-state index contributed by atoms with van der Waals surface area (Å²) < 4.78 is 27.0. The number of halogens is 2. The number of aryl methyl sites for hydroxylation is 1. The molecule has 0 amide bonds. The number of carboxylic acid groups (broad SMARTS) is 1. The molecule has 1 aliphatic carbocycles. The Hall–Kier alpha value is -1.39. The minimum absolute atomic E-state index is 0.0714. The molecule has 0 bridgehead atoms. The number of carboxylic acids is 1. The lowest BCUT2D eigenvalue weighted by atomic mass is 10.2. The van der Waals surface area contributed by atoms with Crippen molar-refractivity contribution in [2.24, 2.45) is 0 Å². The van der Waals surface area contributed by atoms with Gasteiger partial charge in [0, 0.05) is 11.7 Å². The zero-order chi connectivity index (χ0) is 11.2. The van der Waals surface area contributed by atoms with Crippen molar-refractivity contribution < 1.29 is 18.7 Å². The first-order valence-corrected chi connectivity index (χ1v) is 4.75. The summed E-state index contributed by atoms with van der Waals surface area (Å²) in [6.07, 6.45) is -1.02. The Morgan fingerprint density at radius 1 is 1.60 bits per heavy atom. The highest BCUT2D eigenvalue weighted by Gasteiger charge is 2.33. The second kappa shape index (κ2) is 3.32. The van der Waals surface area contributed by atoms with Gasteiger partial charge in [-0.3, -0.25) is 0 Å². The Morgan fingerprint density at radius 2 is 2.20 bits per heavy atom. The van der Waals surface area contributed by atoms with Gasteiger partial charge in [-0.05, 0) is 25.8 Å². The molecule has 1 aromatic rings. The second-order valence-corrected chi connectivity index (χ2v) is 3.79. The molecule has 1 aromatic heterocycles. The van der Waals surface area contributed by atoms with Crippen molar-refractivity contribution in [2.45, 2.75) is 32.2 Å². The number of hydrogen-bond donors (Lipinski definition) is 1. The van der Waals surface area contributed by atoms with Gasteiger partial charge in [0.2, 0.25) is 0 Å². The van der Waals surface area contributed by atoms with Crippen molar-refractivity contribution in [3.05, 3.63) is 23.0 Å². The summed E-state index contributed by atoms with van der Waals surface area (Å²) in [5.74, 6) is -1.28. The van der Waals surface area contributed by atoms with Crippen molar-refractivity contribution in [1.82, 2.24) is 4.57 Å². The van der Waals surface area contributed by atoms with E-state index in [4.69, 9.17) is 5.11 Å². The van der Waals surface area contributed by atoms with Gasteiger partial charge in [-0.25, -0.2) is 13.6 Å². The number of aromatic nitrogens is 1. The zero-order valence-electron chi connectivity index (χ0n) is 8.20. The van der Waals surface area contributed by atoms with E-state index in [-0.39, 0.29) is 17.3 Å². The van der Waals surface area contributed by atoms with Gasteiger partial charge in [0.1, 0.15) is 0 Å². The van der Waals surface area contributed by atoms with Crippen LogP contribution in [0, 0.1) is 6.92 Å². The molecule has 1 heterocycles. The lowest BCUT2D eigenvalue weighted by Crippen LogP contribution is -2.07. The Labute approximate surface area is 85.3 Å². The fourth-order valence-corrected chi connectivity index (χ4v) is 1.88. The summed E-state index contributed by atoms with van der Waals surface area (Å²) >= 11 is 0. The van der Waals surface area contributed by atoms with E-state index in [0.29, 0.717) is 5.69 Å². The molecule has 1 saturated carbocycles. The zero-order valence-corrected chi connectivity index (χ0v) is 8.20. The number of alkyl halides is 2. The molecule has 0 spiro atoms. The van der Waals surface area contributed by atoms with Crippen LogP contribution in [0.4, 0.5) is 8.78 Å². The van der Waals surface area contributed by atoms with E-state index in [1.54, 1.807) is 6.92 Å². The third kappa shape index (κ3) is 1.62. The SMILES string of the molecule is Cc1cc(C(=O)O)c(C(F)F)n1C1CC1. The van der Waals surface area contributed by atoms with Crippen LogP contribution in [0.5, 0.6) is 0 Å². The minimum atomic E-state index is -2.73. The fraction of sp³-hybridized carbons (Fsp3) is 0.500. The third-order valence-electron chi connectivity index (χ3n) is 2.62. The summed E-state index contributed by atoms with van der Waals surface area (Å²) in [5.41, 5.74) is -0.0119. The maximum absolute atomic E-state index is 12.8. The van der Waals surface area contributed by atoms with Crippen LogP contribution >= 0.6 is 0 Å². The molecule has 0 radical (unpaired) electrons. The van der Waals surface area contributed by atoms with Crippen molar-refractivity contribution in [3.8, 4) is 0 Å². The van der Waals surface area contributed by atoms with E-state index < -0.39 is 12.4 Å². The standard InChI is InChI=1S/C10H11F2NO2/c1-5-4-7(10(14)15)8(9(11)12)13(5)6-2-3-6/h4,6,9H,2-3H2,1H3,(H,14,15). The van der Waals surface area contributed by atoms with Crippen LogP contribution in [0.2, 0.25) is 0 Å². The molecule has 82 valence electrons. The highest BCUT2D eigenvalue weighted by atomic mass is 19.3. The van der Waals surface area contributed by atoms with Crippen LogP contribution in [0.25, 0.3) is 0 Å². The van der Waals surface area contributed by atoms with Gasteiger partial charge >= 0.3 is 5.97 Å². The van der Waals surface area contributed by atoms with Crippen molar-refractivity contribution >= 4 is 5.97 Å². The van der Waals surface area contributed by atoms with Crippen LogP contribution in [0.15, 0.2) is 6.07 Å². The molecular weight excluding hydrogens is 204 g/mol. The van der Waals surface area contributed by atoms with Crippen molar-refractivity contribution in [1.29, 1.82) is 0 Å². The summed E-state index contributed by atoms with van der Waals surface area (Å²) in [7, 11) is 0. The smallest absolute Gasteiger partial charge is 0.337 e. The normalized spacial score (nSPS) is 16.0. The predicted octanol–water partition coefficient (Wildman–Crippen LogP) is 2.77. The molecule has 0 atom stereocenters. The van der Waals surface area contributed by atoms with Gasteiger partial charge in [-0.15, -0.1) is 0 Å². The number of carbonyl (C=O) groups is 1. The van der Waals surface area contributed by atoms with E-state index >= 15 is 0 Å². The molecule has 1 N–H and O–H groups in total. The average molecular weight is 215 g/mol. The molecule has 0 aliphatic heterocycles. The van der Waals surface area contributed by atoms with Crippen LogP contribution < -0.4 is 0 Å². The van der Waals surface area contributed by atoms with Gasteiger partial charge in [-0.1, -0.05) is 0 Å². The fourth-order valence-electron chi connectivity index (χ4n) is 1.88. The monoisotopic (exact) mass is 215 g/mol. The Morgan fingerprint density at radius 3 is 2.60 bits per heavy atom. The third-order valence-corrected chi connectivity index (χ3v) is 2.62. The Kier molecular flexibility index (Phi) is 2.25. The Bertz CT molecular complexity index is 408. The number of aromatic carboxylic acids is 1. The van der Waals surface area contributed by atoms with E-state index in [2.05, 4.69) is 0 Å². The van der Waals surface area contributed by atoms with E-state index in [0.717, 1.165) is 12.8 Å². The van der Waals surface area contributed by atoms with Crippen molar-refractivity contribution in [3.63, 3.8) is 0 Å². The molecule has 0 unspecified atom stereocenters. The molecule has 1 fully saturated rings. The van der Waals surface area contributed by atoms with Gasteiger partial charge < -0.3 is 9.67 Å². The Balaban J connectivity index is 2.56. The van der Waals surface area contributed by atoms with Gasteiger partial charge in [-0.2, -0.15) is 0 Å². The van der Waals surface area contributed by atoms with E-state index in [1.807, 2.05) is 0 Å². The first-order valence-electron chi connectivity index (χ1n) is 4.75. The molecule has 0 saturated heterocycles. The molecule has 3 nitrogen and oxygen atoms in total. The predicted molar refractivity (Wildman–Crippen MR) is 49.4 cm³/mol. The second-order valence-electron chi connectivity index (χ2n) is 3.79. The molecular formula is C10H11F2NO2. The van der Waals surface area contributed by atoms with Gasteiger partial charge in [0.05, 0.1) is 11.3 Å². The molecule has 0 aromatic carbocycles. The first kappa shape index (κ1) is 10.1. The molecule has 5 heteroatoms. The topological polar surface area (TPSA) is 42.2 Å². The highest BCUT2D eigenvalue weighted by Crippen LogP contribution is 2.41. The molecule has 15 heavy (non-hydrogen) atoms. The first-order chi connectivity index (χ1) is 7.02. The summed E-state index contributed by atoms with van der Waals surface area (Å²) in [4.78, 5) is 10.8. The number of hydrogen-bond acceptors (Lipinski definition) is 1. The number of nitrogens with zero attached hydrogens (tertiary/aromatic N) is 1. The summed E-state index contributed by atoms with van der Waals surface area (Å²) in [6.45, 7) is 1.66. The summed E-state index contributed by atoms with van der Waals surface area (Å²) in [5, 5.41) is 8.81.